The maximum Gasteiger partial charge on any atom is 0.573 e. The zero-order valence-corrected chi connectivity index (χ0v) is 20.9. The third-order valence-corrected chi connectivity index (χ3v) is 7.40. The Balaban J connectivity index is 1.75. The van der Waals surface area contributed by atoms with Gasteiger partial charge in [0.15, 0.2) is 16.3 Å². The molecule has 0 radical (unpaired) electrons. The average Bonchev–Trinajstić information content (AvgIpc) is 3.47. The minimum absolute atomic E-state index is 0.0171. The molecule has 0 bridgehead atoms. The highest BCUT2D eigenvalue weighted by molar-refractivity contribution is 6.42. The summed E-state index contributed by atoms with van der Waals surface area (Å²) in [5, 5.41) is 0.503. The summed E-state index contributed by atoms with van der Waals surface area (Å²) in [4.78, 5) is 41.6. The molecule has 0 spiro atoms. The molecule has 0 aromatic heterocycles. The average molecular weight is 582 g/mol. The van der Waals surface area contributed by atoms with Gasteiger partial charge in [0.2, 0.25) is 0 Å². The highest BCUT2D eigenvalue weighted by atomic mass is 19.4. The van der Waals surface area contributed by atoms with Crippen LogP contribution >= 0.6 is 0 Å². The number of alkyl halides is 6. The summed E-state index contributed by atoms with van der Waals surface area (Å²) < 4.78 is 90.9. The van der Waals surface area contributed by atoms with Crippen molar-refractivity contribution in [2.75, 3.05) is 7.11 Å². The Hall–Kier alpha value is -5.13. The van der Waals surface area contributed by atoms with E-state index in [4.69, 9.17) is 4.74 Å². The lowest BCUT2D eigenvalue weighted by molar-refractivity contribution is -0.275. The predicted octanol–water partition coefficient (Wildman–Crippen LogP) is 6.81. The van der Waals surface area contributed by atoms with Gasteiger partial charge in [0, 0.05) is 48.5 Å². The third-order valence-electron chi connectivity index (χ3n) is 7.40. The Morgan fingerprint density at radius 2 is 0.762 bits per heavy atom. The molecule has 12 heteroatoms. The SMILES string of the molecule is COc1ccc2c(c1)c(=O)c1c2c2c(=O)c3cc(OC(F)(F)F)ccc3c2c2c(=O)c3cc(OC(F)(F)F)ccc3c12. The van der Waals surface area contributed by atoms with Crippen molar-refractivity contribution in [1.29, 1.82) is 0 Å². The van der Waals surface area contributed by atoms with Crippen LogP contribution < -0.4 is 30.5 Å². The summed E-state index contributed by atoms with van der Waals surface area (Å²) in [6, 6.07) is 10.8. The Morgan fingerprint density at radius 3 is 1.07 bits per heavy atom. The molecule has 0 N–H and O–H groups in total. The van der Waals surface area contributed by atoms with Crippen LogP contribution in [0.4, 0.5) is 26.3 Å². The monoisotopic (exact) mass is 582 g/mol. The minimum Gasteiger partial charge on any atom is -0.497 e. The van der Waals surface area contributed by atoms with E-state index in [0.29, 0.717) is 11.1 Å². The second kappa shape index (κ2) is 8.21. The van der Waals surface area contributed by atoms with Gasteiger partial charge in [-0.25, -0.2) is 0 Å². The van der Waals surface area contributed by atoms with Crippen LogP contribution in [0.5, 0.6) is 17.2 Å². The van der Waals surface area contributed by atoms with Gasteiger partial charge < -0.3 is 14.2 Å². The predicted molar refractivity (Wildman–Crippen MR) is 144 cm³/mol. The van der Waals surface area contributed by atoms with E-state index >= 15 is 0 Å². The Labute approximate surface area is 227 Å². The second-order valence-electron chi connectivity index (χ2n) is 9.66. The van der Waals surface area contributed by atoms with Crippen LogP contribution in [0, 0.1) is 0 Å². The van der Waals surface area contributed by atoms with Gasteiger partial charge in [-0.15, -0.1) is 26.3 Å². The summed E-state index contributed by atoms with van der Waals surface area (Å²) in [6.07, 6.45) is -10.1. The van der Waals surface area contributed by atoms with E-state index in [1.165, 1.54) is 25.3 Å². The maximum atomic E-state index is 13.9. The van der Waals surface area contributed by atoms with E-state index in [2.05, 4.69) is 9.47 Å². The molecule has 0 amide bonds. The molecule has 0 fully saturated rings. The molecule has 0 saturated carbocycles. The number of rotatable bonds is 3. The summed E-state index contributed by atoms with van der Waals surface area (Å²) >= 11 is 0. The van der Waals surface area contributed by atoms with Crippen LogP contribution in [-0.4, -0.2) is 19.8 Å². The van der Waals surface area contributed by atoms with Crippen LogP contribution in [-0.2, 0) is 0 Å². The molecule has 6 nitrogen and oxygen atoms in total. The number of halogens is 6. The normalized spacial score (nSPS) is 12.9. The number of methoxy groups -OCH3 is 1. The number of hydrogen-bond donors (Lipinski definition) is 0. The standard InChI is InChI=1S/C30H12F6O6/c1-40-11-2-5-14-17(8-11)26(37)23-20(14)24-22(16-7-4-13(42-30(34,35)36)10-19(16)27(24)38)25-21(23)15-6-3-12(41-29(31,32)33)9-18(15)28(25)39/h2-10H,1H3. The maximum absolute atomic E-state index is 13.9. The Kier molecular flexibility index (Phi) is 5.05. The van der Waals surface area contributed by atoms with E-state index in [1.54, 1.807) is 12.1 Å². The molecule has 0 aliphatic rings. The summed E-state index contributed by atoms with van der Waals surface area (Å²) in [7, 11) is 1.39. The fraction of sp³-hybridized carbons (Fsp3) is 0.100. The van der Waals surface area contributed by atoms with Gasteiger partial charge in [-0.3, -0.25) is 14.4 Å². The fourth-order valence-corrected chi connectivity index (χ4v) is 5.95. The third kappa shape index (κ3) is 3.57. The van der Waals surface area contributed by atoms with E-state index in [1.807, 2.05) is 0 Å². The largest absolute Gasteiger partial charge is 0.573 e. The van der Waals surface area contributed by atoms with Crippen LogP contribution in [0.2, 0.25) is 0 Å². The molecule has 7 aromatic rings. The fourth-order valence-electron chi connectivity index (χ4n) is 5.95. The van der Waals surface area contributed by atoms with Crippen molar-refractivity contribution in [3.05, 3.63) is 85.3 Å². The van der Waals surface area contributed by atoms with Gasteiger partial charge >= 0.3 is 12.7 Å². The van der Waals surface area contributed by atoms with Crippen molar-refractivity contribution in [3.8, 4) is 17.2 Å². The lowest BCUT2D eigenvalue weighted by Gasteiger charge is -2.08. The molecule has 42 heavy (non-hydrogen) atoms. The van der Waals surface area contributed by atoms with Crippen LogP contribution in [0.1, 0.15) is 0 Å². The first-order valence-corrected chi connectivity index (χ1v) is 12.1. The lowest BCUT2D eigenvalue weighted by atomic mass is 9.99. The zero-order chi connectivity index (χ0) is 29.9. The highest BCUT2D eigenvalue weighted by Gasteiger charge is 2.33. The molecule has 0 aliphatic carbocycles. The van der Waals surface area contributed by atoms with Crippen molar-refractivity contribution >= 4 is 64.6 Å². The molecule has 7 aromatic carbocycles. The van der Waals surface area contributed by atoms with Gasteiger partial charge in [0.25, 0.3) is 0 Å². The minimum atomic E-state index is -5.04. The van der Waals surface area contributed by atoms with Crippen molar-refractivity contribution < 1.29 is 40.6 Å². The first-order valence-electron chi connectivity index (χ1n) is 12.1. The molecule has 0 heterocycles. The molecule has 0 aliphatic heterocycles. The second-order valence-corrected chi connectivity index (χ2v) is 9.66. The van der Waals surface area contributed by atoms with Gasteiger partial charge in [0.1, 0.15) is 17.2 Å². The van der Waals surface area contributed by atoms with Crippen molar-refractivity contribution in [3.63, 3.8) is 0 Å². The van der Waals surface area contributed by atoms with Crippen LogP contribution in [0.15, 0.2) is 69.0 Å². The summed E-state index contributed by atoms with van der Waals surface area (Å²) in [6.45, 7) is 0. The first-order chi connectivity index (χ1) is 19.8. The van der Waals surface area contributed by atoms with E-state index in [-0.39, 0.29) is 59.2 Å². The number of fused-ring (bicyclic) bond motifs is 12. The van der Waals surface area contributed by atoms with Gasteiger partial charge in [-0.1, -0.05) is 0 Å². The molecule has 0 saturated heterocycles. The van der Waals surface area contributed by atoms with E-state index < -0.39 is 40.5 Å². The van der Waals surface area contributed by atoms with Crippen molar-refractivity contribution in [2.45, 2.75) is 12.7 Å². The Morgan fingerprint density at radius 1 is 0.452 bits per heavy atom. The molecule has 210 valence electrons. The van der Waals surface area contributed by atoms with Crippen LogP contribution in [0.3, 0.4) is 0 Å². The highest BCUT2D eigenvalue weighted by Crippen LogP contribution is 2.44. The molecule has 0 atom stereocenters. The van der Waals surface area contributed by atoms with Gasteiger partial charge in [-0.05, 0) is 70.8 Å². The Bertz CT molecular complexity index is 2410. The lowest BCUT2D eigenvalue weighted by Crippen LogP contribution is -2.17. The van der Waals surface area contributed by atoms with E-state index in [9.17, 15) is 40.7 Å². The van der Waals surface area contributed by atoms with Gasteiger partial charge in [-0.2, -0.15) is 0 Å². The number of hydrogen-bond acceptors (Lipinski definition) is 6. The number of benzene rings is 4. The van der Waals surface area contributed by atoms with Gasteiger partial charge in [0.05, 0.1) is 7.11 Å². The molecular formula is C30H12F6O6. The van der Waals surface area contributed by atoms with Crippen LogP contribution in [0.25, 0.3) is 64.6 Å². The quantitative estimate of drug-likeness (QED) is 0.213. The van der Waals surface area contributed by atoms with E-state index in [0.717, 1.165) is 24.3 Å². The first kappa shape index (κ1) is 25.8. The smallest absolute Gasteiger partial charge is 0.497 e. The summed E-state index contributed by atoms with van der Waals surface area (Å²) in [5.74, 6) is -1.00. The topological polar surface area (TPSA) is 78.9 Å². The zero-order valence-electron chi connectivity index (χ0n) is 20.9. The molecular weight excluding hydrogens is 570 g/mol. The van der Waals surface area contributed by atoms with Crippen molar-refractivity contribution in [2.24, 2.45) is 0 Å². The molecule has 7 rings (SSSR count). The summed E-state index contributed by atoms with van der Waals surface area (Å²) in [5.41, 5.74) is -2.07. The number of ether oxygens (including phenoxy) is 3. The van der Waals surface area contributed by atoms with Crippen molar-refractivity contribution in [1.82, 2.24) is 0 Å². The molecule has 0 unspecified atom stereocenters.